The van der Waals surface area contributed by atoms with Gasteiger partial charge in [0.25, 0.3) is 5.91 Å². The molecule has 2 aromatic rings. The second-order valence-electron chi connectivity index (χ2n) is 6.26. The molecule has 1 aromatic carbocycles. The van der Waals surface area contributed by atoms with Gasteiger partial charge in [-0.1, -0.05) is 28.9 Å². The summed E-state index contributed by atoms with van der Waals surface area (Å²) in [4.78, 5) is 15.0. The zero-order chi connectivity index (χ0) is 17.8. The Morgan fingerprint density at radius 1 is 1.32 bits per heavy atom. The van der Waals surface area contributed by atoms with Crippen molar-refractivity contribution in [3.63, 3.8) is 0 Å². The Hall–Kier alpha value is -1.89. The van der Waals surface area contributed by atoms with Crippen LogP contribution in [0.4, 0.5) is 0 Å². The lowest BCUT2D eigenvalue weighted by atomic mass is 10.1. The summed E-state index contributed by atoms with van der Waals surface area (Å²) in [5.74, 6) is 0.325. The third-order valence-corrected chi connectivity index (χ3v) is 4.47. The van der Waals surface area contributed by atoms with Gasteiger partial charge in [0.15, 0.2) is 0 Å². The van der Waals surface area contributed by atoms with Crippen molar-refractivity contribution in [2.45, 2.75) is 19.9 Å². The maximum atomic E-state index is 12.8. The van der Waals surface area contributed by atoms with Crippen LogP contribution < -0.4 is 5.32 Å². The van der Waals surface area contributed by atoms with E-state index >= 15 is 0 Å². The number of ether oxygens (including phenoxy) is 1. The highest BCUT2D eigenvalue weighted by molar-refractivity contribution is 6.30. The second kappa shape index (κ2) is 7.99. The average Bonchev–Trinajstić information content (AvgIpc) is 2.98. The number of carbonyl (C=O) groups excluding carboxylic acids is 1. The van der Waals surface area contributed by atoms with Gasteiger partial charge in [-0.25, -0.2) is 0 Å². The van der Waals surface area contributed by atoms with Gasteiger partial charge in [0, 0.05) is 36.3 Å². The highest BCUT2D eigenvalue weighted by atomic mass is 35.5. The molecule has 3 rings (SSSR count). The number of halogens is 1. The molecular formula is C18H22ClN3O3. The first kappa shape index (κ1) is 17.9. The van der Waals surface area contributed by atoms with Gasteiger partial charge in [0.2, 0.25) is 0 Å². The van der Waals surface area contributed by atoms with Crippen LogP contribution in [0.2, 0.25) is 5.02 Å². The van der Waals surface area contributed by atoms with E-state index in [4.69, 9.17) is 20.9 Å². The Labute approximate surface area is 152 Å². The largest absolute Gasteiger partial charge is 0.379 e. The predicted octanol–water partition coefficient (Wildman–Crippen LogP) is 2.75. The number of hydrogen-bond donors (Lipinski definition) is 1. The third-order valence-electron chi connectivity index (χ3n) is 4.22. The summed E-state index contributed by atoms with van der Waals surface area (Å²) in [7, 11) is 0. The molecule has 0 spiro atoms. The van der Waals surface area contributed by atoms with E-state index in [1.807, 2.05) is 19.1 Å². The quantitative estimate of drug-likeness (QED) is 0.884. The van der Waals surface area contributed by atoms with Crippen molar-refractivity contribution in [2.75, 3.05) is 32.8 Å². The number of nitrogens with zero attached hydrogens (tertiary/aromatic N) is 2. The lowest BCUT2D eigenvalue weighted by Gasteiger charge is -2.29. The minimum atomic E-state index is -0.176. The molecule has 1 N–H and O–H groups in total. The van der Waals surface area contributed by atoms with Gasteiger partial charge in [-0.2, -0.15) is 0 Å². The first-order valence-electron chi connectivity index (χ1n) is 8.38. The Morgan fingerprint density at radius 3 is 2.68 bits per heavy atom. The van der Waals surface area contributed by atoms with Crippen LogP contribution in [0.5, 0.6) is 0 Å². The average molecular weight is 364 g/mol. The van der Waals surface area contributed by atoms with Crippen molar-refractivity contribution < 1.29 is 14.1 Å². The van der Waals surface area contributed by atoms with Gasteiger partial charge in [-0.15, -0.1) is 0 Å². The van der Waals surface area contributed by atoms with E-state index in [-0.39, 0.29) is 11.9 Å². The number of rotatable bonds is 5. The van der Waals surface area contributed by atoms with E-state index < -0.39 is 0 Å². The fourth-order valence-electron chi connectivity index (χ4n) is 2.96. The minimum absolute atomic E-state index is 0.0120. The molecule has 0 bridgehead atoms. The summed E-state index contributed by atoms with van der Waals surface area (Å²) in [5, 5.41) is 7.73. The van der Waals surface area contributed by atoms with Gasteiger partial charge >= 0.3 is 0 Å². The van der Waals surface area contributed by atoms with Crippen LogP contribution in [-0.2, 0) is 4.74 Å². The van der Waals surface area contributed by atoms with Crippen LogP contribution in [0, 0.1) is 6.92 Å². The van der Waals surface area contributed by atoms with Crippen LogP contribution >= 0.6 is 11.6 Å². The predicted molar refractivity (Wildman–Crippen MR) is 95.9 cm³/mol. The summed E-state index contributed by atoms with van der Waals surface area (Å²) >= 11 is 5.93. The molecule has 0 saturated carbocycles. The Balaban J connectivity index is 1.71. The molecule has 2 heterocycles. The van der Waals surface area contributed by atoms with Gasteiger partial charge in [-0.05, 0) is 26.0 Å². The molecule has 1 aliphatic rings. The van der Waals surface area contributed by atoms with Gasteiger partial charge in [0.1, 0.15) is 17.0 Å². The zero-order valence-electron chi connectivity index (χ0n) is 14.4. The van der Waals surface area contributed by atoms with Crippen LogP contribution in [-0.4, -0.2) is 54.9 Å². The number of aromatic nitrogens is 1. The Morgan fingerprint density at radius 2 is 2.00 bits per heavy atom. The summed E-state index contributed by atoms with van der Waals surface area (Å²) in [6.07, 6.45) is 0. The van der Waals surface area contributed by atoms with E-state index in [9.17, 15) is 4.79 Å². The molecule has 1 fully saturated rings. The molecule has 1 amide bonds. The van der Waals surface area contributed by atoms with Gasteiger partial charge < -0.3 is 14.6 Å². The lowest BCUT2D eigenvalue weighted by molar-refractivity contribution is 0.0342. The highest BCUT2D eigenvalue weighted by Crippen LogP contribution is 2.26. The third kappa shape index (κ3) is 4.39. The van der Waals surface area contributed by atoms with Crippen LogP contribution in [0.15, 0.2) is 28.8 Å². The maximum absolute atomic E-state index is 12.8. The number of hydrogen-bond acceptors (Lipinski definition) is 5. The van der Waals surface area contributed by atoms with E-state index in [0.717, 1.165) is 38.4 Å². The van der Waals surface area contributed by atoms with Crippen molar-refractivity contribution in [3.05, 3.63) is 40.6 Å². The number of amides is 1. The smallest absolute Gasteiger partial charge is 0.257 e. The second-order valence-corrected chi connectivity index (χ2v) is 6.69. The maximum Gasteiger partial charge on any atom is 0.257 e. The molecule has 7 heteroatoms. The van der Waals surface area contributed by atoms with Gasteiger partial charge in [-0.3, -0.25) is 9.69 Å². The highest BCUT2D eigenvalue weighted by Gasteiger charge is 2.23. The normalized spacial score (nSPS) is 16.6. The molecular weight excluding hydrogens is 342 g/mol. The molecule has 0 unspecified atom stereocenters. The van der Waals surface area contributed by atoms with E-state index in [1.54, 1.807) is 19.1 Å². The van der Waals surface area contributed by atoms with E-state index in [2.05, 4.69) is 15.4 Å². The van der Waals surface area contributed by atoms with Gasteiger partial charge in [0.05, 0.1) is 13.2 Å². The topological polar surface area (TPSA) is 67.6 Å². The zero-order valence-corrected chi connectivity index (χ0v) is 15.2. The summed E-state index contributed by atoms with van der Waals surface area (Å²) in [6, 6.07) is 7.20. The van der Waals surface area contributed by atoms with Crippen molar-refractivity contribution in [1.29, 1.82) is 0 Å². The van der Waals surface area contributed by atoms with E-state index in [1.165, 1.54) is 0 Å². The number of carbonyl (C=O) groups is 1. The van der Waals surface area contributed by atoms with Crippen molar-refractivity contribution >= 4 is 17.5 Å². The molecule has 0 radical (unpaired) electrons. The monoisotopic (exact) mass is 363 g/mol. The number of morpholine rings is 1. The molecule has 1 aliphatic heterocycles. The fourth-order valence-corrected chi connectivity index (χ4v) is 3.08. The lowest BCUT2D eigenvalue weighted by Crippen LogP contribution is -2.46. The fraction of sp³-hybridized carbons (Fsp3) is 0.444. The number of nitrogens with one attached hydrogen (secondary N) is 1. The van der Waals surface area contributed by atoms with Crippen LogP contribution in [0.25, 0.3) is 11.3 Å². The SMILES string of the molecule is Cc1onc(-c2ccc(Cl)cc2)c1C(=O)N[C@@H](C)CN1CCOCC1. The standard InChI is InChI=1S/C18H22ClN3O3/c1-12(11-22-7-9-24-10-8-22)20-18(23)16-13(2)25-21-17(16)14-3-5-15(19)6-4-14/h3-6,12H,7-11H2,1-2H3,(H,20,23)/t12-/m0/s1. The van der Waals surface area contributed by atoms with Crippen molar-refractivity contribution in [1.82, 2.24) is 15.4 Å². The molecule has 0 aliphatic carbocycles. The number of aryl methyl sites for hydroxylation is 1. The summed E-state index contributed by atoms with van der Waals surface area (Å²) < 4.78 is 10.6. The molecule has 1 saturated heterocycles. The first-order chi connectivity index (χ1) is 12.0. The first-order valence-corrected chi connectivity index (χ1v) is 8.75. The summed E-state index contributed by atoms with van der Waals surface area (Å²) in [5.41, 5.74) is 1.80. The van der Waals surface area contributed by atoms with Crippen molar-refractivity contribution in [2.24, 2.45) is 0 Å². The molecule has 1 atom stereocenters. The van der Waals surface area contributed by atoms with E-state index in [0.29, 0.717) is 22.0 Å². The molecule has 134 valence electrons. The molecule has 6 nitrogen and oxygen atoms in total. The Bertz CT molecular complexity index is 724. The van der Waals surface area contributed by atoms with Crippen molar-refractivity contribution in [3.8, 4) is 11.3 Å². The van der Waals surface area contributed by atoms with Crippen LogP contribution in [0.3, 0.4) is 0 Å². The molecule has 1 aromatic heterocycles. The summed E-state index contributed by atoms with van der Waals surface area (Å²) in [6.45, 7) is 7.80. The Kier molecular flexibility index (Phi) is 5.73. The molecule has 25 heavy (non-hydrogen) atoms. The minimum Gasteiger partial charge on any atom is -0.379 e. The van der Waals surface area contributed by atoms with Crippen LogP contribution in [0.1, 0.15) is 23.0 Å². The number of benzene rings is 1.